The van der Waals surface area contributed by atoms with Crippen LogP contribution in [-0.2, 0) is 9.53 Å². The van der Waals surface area contributed by atoms with E-state index in [1.165, 1.54) is 0 Å². The molecule has 1 aromatic heterocycles. The van der Waals surface area contributed by atoms with Gasteiger partial charge in [-0.05, 0) is 25.3 Å². The quantitative estimate of drug-likeness (QED) is 0.819. The minimum Gasteiger partial charge on any atom is -0.368 e. The fourth-order valence-electron chi connectivity index (χ4n) is 1.80. The molecule has 1 aromatic rings. The number of aryl methyl sites for hydroxylation is 1. The Kier molecular flexibility index (Phi) is 3.59. The molecule has 0 radical (unpaired) electrons. The molecule has 2 heterocycles. The number of anilines is 1. The van der Waals surface area contributed by atoms with Crippen LogP contribution in [0, 0.1) is 12.8 Å². The van der Waals surface area contributed by atoms with E-state index in [2.05, 4.69) is 15.3 Å². The first kappa shape index (κ1) is 12.3. The average Bonchev–Trinajstić information content (AvgIpc) is 2.62. The van der Waals surface area contributed by atoms with Crippen molar-refractivity contribution in [3.63, 3.8) is 0 Å². The summed E-state index contributed by atoms with van der Waals surface area (Å²) in [6.07, 6.45) is 0.478. The lowest BCUT2D eigenvalue weighted by molar-refractivity contribution is -0.126. The van der Waals surface area contributed by atoms with Crippen LogP contribution in [0.1, 0.15) is 19.0 Å². The van der Waals surface area contributed by atoms with E-state index in [1.54, 1.807) is 13.0 Å². The molecule has 0 aliphatic carbocycles. The van der Waals surface area contributed by atoms with E-state index < -0.39 is 6.10 Å². The lowest BCUT2D eigenvalue weighted by atomic mass is 10.0. The summed E-state index contributed by atoms with van der Waals surface area (Å²) in [7, 11) is 0. The molecule has 2 rings (SSSR count). The zero-order valence-electron chi connectivity index (χ0n) is 9.74. The van der Waals surface area contributed by atoms with Crippen molar-refractivity contribution in [3.05, 3.63) is 16.9 Å². The van der Waals surface area contributed by atoms with E-state index in [9.17, 15) is 4.79 Å². The number of hydrogen-bond donors (Lipinski definition) is 1. The van der Waals surface area contributed by atoms with Crippen LogP contribution in [0.25, 0.3) is 0 Å². The van der Waals surface area contributed by atoms with Gasteiger partial charge in [0.2, 0.25) is 5.95 Å². The highest BCUT2D eigenvalue weighted by molar-refractivity contribution is 6.29. The van der Waals surface area contributed by atoms with Gasteiger partial charge in [-0.1, -0.05) is 18.5 Å². The van der Waals surface area contributed by atoms with Crippen LogP contribution in [0.3, 0.4) is 0 Å². The maximum absolute atomic E-state index is 11.9. The number of aromatic nitrogens is 2. The summed E-state index contributed by atoms with van der Waals surface area (Å²) >= 11 is 5.79. The van der Waals surface area contributed by atoms with Gasteiger partial charge in [-0.25, -0.2) is 9.97 Å². The molecular weight excluding hydrogens is 242 g/mol. The molecule has 17 heavy (non-hydrogen) atoms. The Morgan fingerprint density at radius 3 is 2.94 bits per heavy atom. The number of rotatable bonds is 2. The number of carbonyl (C=O) groups is 1. The van der Waals surface area contributed by atoms with Gasteiger partial charge in [0.25, 0.3) is 5.91 Å². The Morgan fingerprint density at radius 2 is 2.35 bits per heavy atom. The molecule has 92 valence electrons. The number of ether oxygens (including phenoxy) is 1. The van der Waals surface area contributed by atoms with Crippen molar-refractivity contribution in [1.29, 1.82) is 0 Å². The lowest BCUT2D eigenvalue weighted by Crippen LogP contribution is -2.32. The second-order valence-electron chi connectivity index (χ2n) is 4.20. The van der Waals surface area contributed by atoms with Crippen molar-refractivity contribution in [1.82, 2.24) is 9.97 Å². The van der Waals surface area contributed by atoms with E-state index >= 15 is 0 Å². The van der Waals surface area contributed by atoms with Crippen molar-refractivity contribution >= 4 is 23.5 Å². The van der Waals surface area contributed by atoms with E-state index in [1.807, 2.05) is 6.92 Å². The monoisotopic (exact) mass is 255 g/mol. The Bertz CT molecular complexity index is 418. The topological polar surface area (TPSA) is 64.1 Å². The summed E-state index contributed by atoms with van der Waals surface area (Å²) in [5.41, 5.74) is 0.709. The first-order valence-electron chi connectivity index (χ1n) is 5.50. The second kappa shape index (κ2) is 4.98. The Balaban J connectivity index is 2.07. The fraction of sp³-hybridized carbons (Fsp3) is 0.545. The van der Waals surface area contributed by atoms with E-state index in [0.717, 1.165) is 6.42 Å². The summed E-state index contributed by atoms with van der Waals surface area (Å²) in [5.74, 6) is 0.231. The number of nitrogens with one attached hydrogen (secondary N) is 1. The van der Waals surface area contributed by atoms with Crippen molar-refractivity contribution in [3.8, 4) is 0 Å². The van der Waals surface area contributed by atoms with Gasteiger partial charge in [-0.15, -0.1) is 0 Å². The van der Waals surface area contributed by atoms with Gasteiger partial charge in [-0.2, -0.15) is 0 Å². The second-order valence-corrected chi connectivity index (χ2v) is 4.59. The number of nitrogens with zero attached hydrogens (tertiary/aromatic N) is 2. The van der Waals surface area contributed by atoms with Crippen LogP contribution in [-0.4, -0.2) is 28.6 Å². The third kappa shape index (κ3) is 2.92. The van der Waals surface area contributed by atoms with Gasteiger partial charge >= 0.3 is 0 Å². The van der Waals surface area contributed by atoms with Crippen LogP contribution in [0.4, 0.5) is 5.95 Å². The van der Waals surface area contributed by atoms with Crippen LogP contribution >= 0.6 is 11.6 Å². The summed E-state index contributed by atoms with van der Waals surface area (Å²) in [5, 5.41) is 2.94. The molecule has 2 atom stereocenters. The molecule has 6 heteroatoms. The summed E-state index contributed by atoms with van der Waals surface area (Å²) in [6, 6.07) is 1.63. The lowest BCUT2D eigenvalue weighted by Gasteiger charge is -2.13. The Hall–Kier alpha value is -1.20. The molecule has 0 bridgehead atoms. The van der Waals surface area contributed by atoms with E-state index in [-0.39, 0.29) is 17.8 Å². The number of amides is 1. The molecular formula is C11H14ClN3O2. The third-order valence-electron chi connectivity index (χ3n) is 2.70. The van der Waals surface area contributed by atoms with Crippen LogP contribution in [0.2, 0.25) is 5.15 Å². The van der Waals surface area contributed by atoms with Gasteiger partial charge in [0.1, 0.15) is 11.3 Å². The van der Waals surface area contributed by atoms with Crippen molar-refractivity contribution in [2.24, 2.45) is 5.92 Å². The Labute approximate surface area is 105 Å². The smallest absolute Gasteiger partial charge is 0.256 e. The maximum atomic E-state index is 11.9. The van der Waals surface area contributed by atoms with Gasteiger partial charge < -0.3 is 4.74 Å². The molecule has 1 amide bonds. The molecule has 1 N–H and O–H groups in total. The van der Waals surface area contributed by atoms with Crippen LogP contribution in [0.5, 0.6) is 0 Å². The third-order valence-corrected chi connectivity index (χ3v) is 2.90. The van der Waals surface area contributed by atoms with E-state index in [4.69, 9.17) is 16.3 Å². The normalized spacial score (nSPS) is 23.7. The summed E-state index contributed by atoms with van der Waals surface area (Å²) < 4.78 is 5.36. The fourth-order valence-corrected chi connectivity index (χ4v) is 2.04. The average molecular weight is 256 g/mol. The highest BCUT2D eigenvalue weighted by Gasteiger charge is 2.31. The maximum Gasteiger partial charge on any atom is 0.256 e. The van der Waals surface area contributed by atoms with Gasteiger partial charge in [0.05, 0.1) is 0 Å². The molecule has 5 nitrogen and oxygen atoms in total. The highest BCUT2D eigenvalue weighted by atomic mass is 35.5. The number of hydrogen-bond acceptors (Lipinski definition) is 4. The molecule has 0 spiro atoms. The van der Waals surface area contributed by atoms with Gasteiger partial charge in [0, 0.05) is 12.3 Å². The van der Waals surface area contributed by atoms with Gasteiger partial charge in [0.15, 0.2) is 0 Å². The molecule has 0 aromatic carbocycles. The van der Waals surface area contributed by atoms with Gasteiger partial charge in [-0.3, -0.25) is 10.1 Å². The standard InChI is InChI=1S/C11H14ClN3O2/c1-6-3-4-17-9(6)10(16)15-11-13-7(2)5-8(12)14-11/h5-6,9H,3-4H2,1-2H3,(H,13,14,15,16). The summed E-state index contributed by atoms with van der Waals surface area (Å²) in [6.45, 7) is 4.40. The molecule has 1 aliphatic rings. The molecule has 1 saturated heterocycles. The number of carbonyl (C=O) groups excluding carboxylic acids is 1. The zero-order chi connectivity index (χ0) is 12.4. The first-order valence-corrected chi connectivity index (χ1v) is 5.87. The molecule has 2 unspecified atom stereocenters. The minimum absolute atomic E-state index is 0.211. The van der Waals surface area contributed by atoms with E-state index in [0.29, 0.717) is 17.5 Å². The zero-order valence-corrected chi connectivity index (χ0v) is 10.5. The predicted molar refractivity (Wildman–Crippen MR) is 63.9 cm³/mol. The van der Waals surface area contributed by atoms with Crippen LogP contribution < -0.4 is 5.32 Å². The SMILES string of the molecule is Cc1cc(Cl)nc(NC(=O)C2OCCC2C)n1. The van der Waals surface area contributed by atoms with Crippen molar-refractivity contribution in [2.75, 3.05) is 11.9 Å². The van der Waals surface area contributed by atoms with Crippen molar-refractivity contribution in [2.45, 2.75) is 26.4 Å². The molecule has 1 fully saturated rings. The highest BCUT2D eigenvalue weighted by Crippen LogP contribution is 2.21. The summed E-state index contributed by atoms with van der Waals surface area (Å²) in [4.78, 5) is 19.9. The molecule has 0 saturated carbocycles. The Morgan fingerprint density at radius 1 is 1.59 bits per heavy atom. The van der Waals surface area contributed by atoms with Crippen LogP contribution in [0.15, 0.2) is 6.07 Å². The largest absolute Gasteiger partial charge is 0.368 e. The van der Waals surface area contributed by atoms with Crippen molar-refractivity contribution < 1.29 is 9.53 Å². The molecule has 1 aliphatic heterocycles. The number of halogens is 1. The predicted octanol–water partition coefficient (Wildman–Crippen LogP) is 1.80. The minimum atomic E-state index is -0.419. The first-order chi connectivity index (χ1) is 8.06.